The molecule has 0 aliphatic rings. The van der Waals surface area contributed by atoms with Crippen molar-refractivity contribution in [2.45, 2.75) is 19.8 Å². The highest BCUT2D eigenvalue weighted by Crippen LogP contribution is 2.30. The van der Waals surface area contributed by atoms with Crippen molar-refractivity contribution in [3.05, 3.63) is 35.8 Å². The second-order valence-corrected chi connectivity index (χ2v) is 4.52. The number of nitrogens with two attached hydrogens (primary N) is 1. The molecule has 0 aliphatic heterocycles. The van der Waals surface area contributed by atoms with Gasteiger partial charge in [-0.2, -0.15) is 0 Å². The molecule has 0 saturated carbocycles. The number of aromatic nitrogens is 2. The molecule has 4 heteroatoms. The number of methoxy groups -OCH3 is 1. The van der Waals surface area contributed by atoms with E-state index in [0.29, 0.717) is 6.54 Å². The van der Waals surface area contributed by atoms with E-state index in [0.717, 1.165) is 22.8 Å². The van der Waals surface area contributed by atoms with Crippen LogP contribution in [0, 0.1) is 6.92 Å². The molecule has 1 aromatic heterocycles. The van der Waals surface area contributed by atoms with Crippen molar-refractivity contribution >= 4 is 0 Å². The molecule has 0 fully saturated rings. The summed E-state index contributed by atoms with van der Waals surface area (Å²) in [5, 5.41) is 0. The largest absolute Gasteiger partial charge is 0.496 e. The fourth-order valence-electron chi connectivity index (χ4n) is 1.87. The Morgan fingerprint density at radius 2 is 2.22 bits per heavy atom. The maximum Gasteiger partial charge on any atom is 0.128 e. The zero-order chi connectivity index (χ0) is 13.1. The van der Waals surface area contributed by atoms with E-state index in [9.17, 15) is 0 Å². The van der Waals surface area contributed by atoms with Crippen LogP contribution < -0.4 is 10.5 Å². The molecule has 4 nitrogen and oxygen atoms in total. The van der Waals surface area contributed by atoms with Crippen LogP contribution in [0.15, 0.2) is 24.4 Å². The minimum atomic E-state index is 0.231. The second-order valence-electron chi connectivity index (χ2n) is 4.52. The Bertz CT molecular complexity index is 534. The third-order valence-corrected chi connectivity index (χ3v) is 3.06. The molecule has 96 valence electrons. The number of hydrogen-bond donors (Lipinski definition) is 2. The molecule has 0 saturated heterocycles. The van der Waals surface area contributed by atoms with Gasteiger partial charge in [0.05, 0.1) is 19.0 Å². The fourth-order valence-corrected chi connectivity index (χ4v) is 1.87. The second kappa shape index (κ2) is 5.23. The normalized spacial score (nSPS) is 12.4. The van der Waals surface area contributed by atoms with Crippen LogP contribution in [0.3, 0.4) is 0 Å². The minimum absolute atomic E-state index is 0.231. The number of aromatic amines is 1. The molecule has 2 rings (SSSR count). The van der Waals surface area contributed by atoms with E-state index in [1.807, 2.05) is 18.3 Å². The first kappa shape index (κ1) is 12.6. The zero-order valence-electron chi connectivity index (χ0n) is 11.0. The van der Waals surface area contributed by atoms with E-state index < -0.39 is 0 Å². The lowest BCUT2D eigenvalue weighted by Crippen LogP contribution is -2.10. The van der Waals surface area contributed by atoms with Gasteiger partial charge in [-0.25, -0.2) is 4.98 Å². The van der Waals surface area contributed by atoms with Crippen molar-refractivity contribution < 1.29 is 4.74 Å². The third kappa shape index (κ3) is 2.38. The topological polar surface area (TPSA) is 63.9 Å². The monoisotopic (exact) mass is 245 g/mol. The third-order valence-electron chi connectivity index (χ3n) is 3.06. The number of H-pyrrole nitrogens is 1. The standard InChI is InChI=1S/C14H19N3O/c1-9-4-5-13(18-3)11(6-9)12-8-16-14(17-12)10(2)7-15/h4-6,8,10H,7,15H2,1-3H3,(H,16,17). The number of nitrogens with zero attached hydrogens (tertiary/aromatic N) is 1. The summed E-state index contributed by atoms with van der Waals surface area (Å²) in [4.78, 5) is 7.69. The lowest BCUT2D eigenvalue weighted by molar-refractivity contribution is 0.416. The van der Waals surface area contributed by atoms with Crippen LogP contribution >= 0.6 is 0 Å². The van der Waals surface area contributed by atoms with Gasteiger partial charge in [0.25, 0.3) is 0 Å². The highest BCUT2D eigenvalue weighted by atomic mass is 16.5. The van der Waals surface area contributed by atoms with E-state index in [2.05, 4.69) is 29.9 Å². The van der Waals surface area contributed by atoms with Crippen molar-refractivity contribution in [3.63, 3.8) is 0 Å². The van der Waals surface area contributed by atoms with Gasteiger partial charge in [0.1, 0.15) is 11.6 Å². The molecule has 0 amide bonds. The summed E-state index contributed by atoms with van der Waals surface area (Å²) in [5.41, 5.74) is 8.83. The average molecular weight is 245 g/mol. The van der Waals surface area contributed by atoms with Crippen LogP contribution in [-0.4, -0.2) is 23.6 Å². The molecular formula is C14H19N3O. The molecule has 0 bridgehead atoms. The first-order valence-corrected chi connectivity index (χ1v) is 6.05. The Morgan fingerprint density at radius 3 is 2.89 bits per heavy atom. The van der Waals surface area contributed by atoms with Crippen molar-refractivity contribution in [3.8, 4) is 17.0 Å². The Hall–Kier alpha value is -1.81. The maximum absolute atomic E-state index is 5.65. The maximum atomic E-state index is 5.65. The predicted octanol–water partition coefficient (Wildman–Crippen LogP) is 2.46. The van der Waals surface area contributed by atoms with Gasteiger partial charge < -0.3 is 15.5 Å². The van der Waals surface area contributed by atoms with Gasteiger partial charge in [0, 0.05) is 18.0 Å². The Kier molecular flexibility index (Phi) is 3.67. The van der Waals surface area contributed by atoms with Gasteiger partial charge in [-0.15, -0.1) is 0 Å². The molecule has 0 aliphatic carbocycles. The summed E-state index contributed by atoms with van der Waals surface area (Å²) in [6.07, 6.45) is 1.83. The van der Waals surface area contributed by atoms with E-state index in [1.54, 1.807) is 7.11 Å². The lowest BCUT2D eigenvalue weighted by Gasteiger charge is -2.08. The quantitative estimate of drug-likeness (QED) is 0.869. The fraction of sp³-hybridized carbons (Fsp3) is 0.357. The Labute approximate surface area is 107 Å². The zero-order valence-corrected chi connectivity index (χ0v) is 11.0. The highest BCUT2D eigenvalue weighted by molar-refractivity contribution is 5.67. The summed E-state index contributed by atoms with van der Waals surface area (Å²) < 4.78 is 5.38. The summed E-state index contributed by atoms with van der Waals surface area (Å²) in [6.45, 7) is 4.69. The molecule has 2 aromatic rings. The number of ether oxygens (including phenoxy) is 1. The smallest absolute Gasteiger partial charge is 0.128 e. The van der Waals surface area contributed by atoms with Crippen LogP contribution in [0.2, 0.25) is 0 Å². The Balaban J connectivity index is 2.42. The average Bonchev–Trinajstić information content (AvgIpc) is 2.87. The van der Waals surface area contributed by atoms with Crippen molar-refractivity contribution in [1.29, 1.82) is 0 Å². The van der Waals surface area contributed by atoms with Crippen LogP contribution in [0.5, 0.6) is 5.75 Å². The van der Waals surface area contributed by atoms with Crippen molar-refractivity contribution in [2.75, 3.05) is 13.7 Å². The Morgan fingerprint density at radius 1 is 1.44 bits per heavy atom. The van der Waals surface area contributed by atoms with E-state index >= 15 is 0 Å². The van der Waals surface area contributed by atoms with Gasteiger partial charge >= 0.3 is 0 Å². The number of benzene rings is 1. The number of imidazole rings is 1. The number of aryl methyl sites for hydroxylation is 1. The van der Waals surface area contributed by atoms with E-state index in [1.165, 1.54) is 5.56 Å². The molecule has 1 aromatic carbocycles. The summed E-state index contributed by atoms with van der Waals surface area (Å²) in [7, 11) is 1.67. The molecule has 1 unspecified atom stereocenters. The van der Waals surface area contributed by atoms with Crippen LogP contribution in [0.4, 0.5) is 0 Å². The molecule has 1 atom stereocenters. The number of rotatable bonds is 4. The lowest BCUT2D eigenvalue weighted by atomic mass is 10.1. The van der Waals surface area contributed by atoms with Crippen molar-refractivity contribution in [1.82, 2.24) is 9.97 Å². The van der Waals surface area contributed by atoms with Gasteiger partial charge in [-0.1, -0.05) is 18.6 Å². The van der Waals surface area contributed by atoms with Crippen LogP contribution in [0.25, 0.3) is 11.3 Å². The molecule has 3 N–H and O–H groups in total. The minimum Gasteiger partial charge on any atom is -0.496 e. The first-order chi connectivity index (χ1) is 8.65. The summed E-state index contributed by atoms with van der Waals surface area (Å²) in [6, 6.07) is 6.09. The molecule has 18 heavy (non-hydrogen) atoms. The SMILES string of the molecule is COc1ccc(C)cc1-c1cnc(C(C)CN)[nH]1. The van der Waals surface area contributed by atoms with Gasteiger partial charge in [0.15, 0.2) is 0 Å². The van der Waals surface area contributed by atoms with E-state index in [4.69, 9.17) is 10.5 Å². The first-order valence-electron chi connectivity index (χ1n) is 6.05. The van der Waals surface area contributed by atoms with Crippen LogP contribution in [0.1, 0.15) is 24.2 Å². The molecule has 1 heterocycles. The van der Waals surface area contributed by atoms with Gasteiger partial charge in [-0.3, -0.25) is 0 Å². The summed E-state index contributed by atoms with van der Waals surface area (Å²) in [5.74, 6) is 1.99. The summed E-state index contributed by atoms with van der Waals surface area (Å²) >= 11 is 0. The van der Waals surface area contributed by atoms with Gasteiger partial charge in [-0.05, 0) is 19.1 Å². The number of nitrogens with one attached hydrogen (secondary N) is 1. The number of hydrogen-bond acceptors (Lipinski definition) is 3. The van der Waals surface area contributed by atoms with Gasteiger partial charge in [0.2, 0.25) is 0 Å². The molecular weight excluding hydrogens is 226 g/mol. The molecule has 0 radical (unpaired) electrons. The van der Waals surface area contributed by atoms with Crippen molar-refractivity contribution in [2.24, 2.45) is 5.73 Å². The van der Waals surface area contributed by atoms with E-state index in [-0.39, 0.29) is 5.92 Å². The highest BCUT2D eigenvalue weighted by Gasteiger charge is 2.12. The molecule has 0 spiro atoms. The van der Waals surface area contributed by atoms with Crippen LogP contribution in [-0.2, 0) is 0 Å². The predicted molar refractivity (Wildman–Crippen MR) is 72.8 cm³/mol.